The van der Waals surface area contributed by atoms with Crippen LogP contribution in [0, 0.1) is 5.92 Å². The third-order valence-corrected chi connectivity index (χ3v) is 7.78. The van der Waals surface area contributed by atoms with Gasteiger partial charge < -0.3 is 30.0 Å². The molecule has 0 aromatic heterocycles. The van der Waals surface area contributed by atoms with Crippen molar-refractivity contribution in [3.8, 4) is 11.5 Å². The van der Waals surface area contributed by atoms with Crippen LogP contribution in [0.4, 0.5) is 9.59 Å². The molecule has 3 aliphatic rings. The van der Waals surface area contributed by atoms with Crippen molar-refractivity contribution in [2.75, 3.05) is 26.3 Å². The van der Waals surface area contributed by atoms with Gasteiger partial charge in [-0.1, -0.05) is 54.4 Å². The minimum atomic E-state index is -0.915. The van der Waals surface area contributed by atoms with Crippen LogP contribution in [0.5, 0.6) is 11.5 Å². The molecule has 2 aliphatic heterocycles. The Balaban J connectivity index is 1.31. The molecule has 5 rings (SSSR count). The highest BCUT2D eigenvalue weighted by molar-refractivity contribution is 6.31. The summed E-state index contributed by atoms with van der Waals surface area (Å²) in [7, 11) is 0. The van der Waals surface area contributed by atoms with Gasteiger partial charge in [0.1, 0.15) is 30.3 Å². The number of alkyl carbamates (subject to hydrolysis) is 1. The van der Waals surface area contributed by atoms with Crippen LogP contribution < -0.4 is 20.1 Å². The smallest absolute Gasteiger partial charge is 0.416 e. The number of amides is 2. The number of aliphatic hydroxyl groups is 1. The van der Waals surface area contributed by atoms with Crippen LogP contribution in [0.2, 0.25) is 5.02 Å². The van der Waals surface area contributed by atoms with Gasteiger partial charge in [0.25, 0.3) is 0 Å². The molecule has 3 N–H and O–H groups in total. The second-order valence-electron chi connectivity index (χ2n) is 10.3. The molecule has 0 spiro atoms. The highest BCUT2D eigenvalue weighted by Gasteiger charge is 2.43. The topological polar surface area (TPSA) is 109 Å². The van der Waals surface area contributed by atoms with Crippen molar-refractivity contribution in [3.05, 3.63) is 93.6 Å². The van der Waals surface area contributed by atoms with Crippen LogP contribution in [-0.4, -0.2) is 60.6 Å². The first-order valence-corrected chi connectivity index (χ1v) is 14.7. The zero-order valence-corrected chi connectivity index (χ0v) is 24.6. The number of aliphatic hydroxyl groups excluding tert-OH is 1. The van der Waals surface area contributed by atoms with E-state index in [0.717, 1.165) is 17.7 Å². The van der Waals surface area contributed by atoms with Crippen molar-refractivity contribution in [3.63, 3.8) is 0 Å². The molecule has 2 aromatic carbocycles. The zero-order chi connectivity index (χ0) is 29.6. The number of benzene rings is 2. The number of halogens is 2. The summed E-state index contributed by atoms with van der Waals surface area (Å²) in [4.78, 5) is 26.8. The lowest BCUT2D eigenvalue weighted by atomic mass is 9.85. The number of allylic oxidation sites excluding steroid dienone is 2. The maximum atomic E-state index is 13.5. The number of carbonyl (C=O) groups is 2. The monoisotopic (exact) mass is 613 g/mol. The molecular formula is C31H33Cl2N3O6. The fraction of sp³-hybridized carbons (Fsp3) is 0.355. The largest absolute Gasteiger partial charge is 0.491 e. The van der Waals surface area contributed by atoms with E-state index in [0.29, 0.717) is 41.1 Å². The van der Waals surface area contributed by atoms with Crippen molar-refractivity contribution in [1.82, 2.24) is 15.5 Å². The average molecular weight is 615 g/mol. The summed E-state index contributed by atoms with van der Waals surface area (Å²) in [6.07, 6.45) is 5.44. The maximum absolute atomic E-state index is 13.5. The Labute approximate surface area is 254 Å². The molecule has 1 aliphatic carbocycles. The van der Waals surface area contributed by atoms with Crippen LogP contribution in [0.25, 0.3) is 0 Å². The van der Waals surface area contributed by atoms with Gasteiger partial charge in [-0.15, -0.1) is 0 Å². The van der Waals surface area contributed by atoms with Gasteiger partial charge in [-0.2, -0.15) is 0 Å². The van der Waals surface area contributed by atoms with Crippen LogP contribution in [0.15, 0.2) is 83.1 Å². The first kappa shape index (κ1) is 29.8. The fourth-order valence-electron chi connectivity index (χ4n) is 5.28. The number of hydrogen-bond acceptors (Lipinski definition) is 7. The van der Waals surface area contributed by atoms with E-state index in [1.165, 1.54) is 5.57 Å². The van der Waals surface area contributed by atoms with E-state index < -0.39 is 24.3 Å². The normalized spacial score (nSPS) is 21.5. The second-order valence-corrected chi connectivity index (χ2v) is 11.1. The number of nitrogens with one attached hydrogen (secondary N) is 2. The molecule has 42 heavy (non-hydrogen) atoms. The third-order valence-electron chi connectivity index (χ3n) is 7.28. The Bertz CT molecular complexity index is 1380. The van der Waals surface area contributed by atoms with Gasteiger partial charge in [-0.3, -0.25) is 4.90 Å². The van der Waals surface area contributed by atoms with Crippen molar-refractivity contribution in [2.24, 2.45) is 5.92 Å². The lowest BCUT2D eigenvalue weighted by Crippen LogP contribution is -2.43. The van der Waals surface area contributed by atoms with Crippen LogP contribution in [-0.2, 0) is 4.74 Å². The Morgan fingerprint density at radius 1 is 1.12 bits per heavy atom. The molecule has 0 bridgehead atoms. The molecule has 11 heteroatoms. The van der Waals surface area contributed by atoms with Crippen molar-refractivity contribution in [2.45, 2.75) is 38.0 Å². The van der Waals surface area contributed by atoms with Crippen molar-refractivity contribution in [1.29, 1.82) is 0 Å². The molecule has 4 unspecified atom stereocenters. The third kappa shape index (κ3) is 7.03. The molecule has 4 atom stereocenters. The van der Waals surface area contributed by atoms with Crippen molar-refractivity contribution >= 4 is 35.4 Å². The number of hydrogen-bond donors (Lipinski definition) is 3. The standard InChI is InChI=1S/C31H33Cl2N3O6/c1-2-15-40-30(38)34-17-22(37)18-41-23-8-3-19(4-9-23)29-28-25(26-16-21(33)7-12-27(26)35-28)13-14-36(29)31(39)42-24-10-5-20(32)6-11-24/h3-12,16,22,26-27,29,35,37H,2,13-15,17-18H2,1H3,(H,34,38). The molecule has 0 saturated heterocycles. The van der Waals surface area contributed by atoms with Gasteiger partial charge in [0, 0.05) is 28.2 Å². The van der Waals surface area contributed by atoms with Gasteiger partial charge in [0.2, 0.25) is 0 Å². The van der Waals surface area contributed by atoms with Gasteiger partial charge in [0.05, 0.1) is 19.2 Å². The number of carbonyl (C=O) groups excluding carboxylic acids is 2. The minimum absolute atomic E-state index is 0.00520. The average Bonchev–Trinajstić information content (AvgIpc) is 3.36. The highest BCUT2D eigenvalue weighted by atomic mass is 35.5. The number of rotatable bonds is 9. The van der Waals surface area contributed by atoms with E-state index in [2.05, 4.69) is 22.8 Å². The molecule has 0 fully saturated rings. The summed E-state index contributed by atoms with van der Waals surface area (Å²) in [5, 5.41) is 17.6. The number of fused-ring (bicyclic) bond motifs is 2. The van der Waals surface area contributed by atoms with E-state index in [4.69, 9.17) is 37.4 Å². The molecule has 2 heterocycles. The van der Waals surface area contributed by atoms with E-state index in [1.54, 1.807) is 41.3 Å². The van der Waals surface area contributed by atoms with E-state index >= 15 is 0 Å². The Kier molecular flexibility index (Phi) is 9.62. The maximum Gasteiger partial charge on any atom is 0.416 e. The Morgan fingerprint density at radius 3 is 2.60 bits per heavy atom. The minimum Gasteiger partial charge on any atom is -0.491 e. The Hall–Kier alpha value is -3.66. The van der Waals surface area contributed by atoms with Gasteiger partial charge in [-0.05, 0) is 66.5 Å². The summed E-state index contributed by atoms with van der Waals surface area (Å²) in [5.41, 5.74) is 3.05. The zero-order valence-electron chi connectivity index (χ0n) is 23.1. The van der Waals surface area contributed by atoms with Gasteiger partial charge >= 0.3 is 12.2 Å². The summed E-state index contributed by atoms with van der Waals surface area (Å²) >= 11 is 12.3. The lowest BCUT2D eigenvalue weighted by Gasteiger charge is -2.37. The van der Waals surface area contributed by atoms with E-state index in [9.17, 15) is 14.7 Å². The van der Waals surface area contributed by atoms with Crippen LogP contribution in [0.3, 0.4) is 0 Å². The number of ether oxygens (including phenoxy) is 3. The van der Waals surface area contributed by atoms with Gasteiger partial charge in [0.15, 0.2) is 0 Å². The van der Waals surface area contributed by atoms with Gasteiger partial charge in [-0.25, -0.2) is 9.59 Å². The lowest BCUT2D eigenvalue weighted by molar-refractivity contribution is 0.0980. The molecule has 222 valence electrons. The second kappa shape index (κ2) is 13.5. The predicted octanol–water partition coefficient (Wildman–Crippen LogP) is 5.70. The molecule has 0 radical (unpaired) electrons. The van der Waals surface area contributed by atoms with Crippen LogP contribution >= 0.6 is 23.2 Å². The Morgan fingerprint density at radius 2 is 1.86 bits per heavy atom. The number of nitrogens with zero attached hydrogens (tertiary/aromatic N) is 1. The highest BCUT2D eigenvalue weighted by Crippen LogP contribution is 2.45. The molecule has 2 amide bonds. The summed E-state index contributed by atoms with van der Waals surface area (Å²) in [6.45, 7) is 2.67. The molecule has 0 saturated carbocycles. The predicted molar refractivity (Wildman–Crippen MR) is 160 cm³/mol. The summed E-state index contributed by atoms with van der Waals surface area (Å²) < 4.78 is 16.4. The quantitative estimate of drug-likeness (QED) is 0.333. The van der Waals surface area contributed by atoms with E-state index in [-0.39, 0.29) is 25.1 Å². The molecule has 9 nitrogen and oxygen atoms in total. The first-order chi connectivity index (χ1) is 20.3. The van der Waals surface area contributed by atoms with Crippen molar-refractivity contribution < 1.29 is 28.9 Å². The summed E-state index contributed by atoms with van der Waals surface area (Å²) in [5.74, 6) is 1.06. The fourth-order valence-corrected chi connectivity index (χ4v) is 5.62. The summed E-state index contributed by atoms with van der Waals surface area (Å²) in [6, 6.07) is 13.7. The SMILES string of the molecule is CCCOC(=O)NCC(O)COc1ccc(C2C3=C(CCN2C(=O)Oc2ccc(Cl)cc2)C2C=C(Cl)C=CC2N3)cc1. The van der Waals surface area contributed by atoms with Crippen LogP contribution in [0.1, 0.15) is 31.4 Å². The first-order valence-electron chi connectivity index (χ1n) is 13.9. The molecular weight excluding hydrogens is 581 g/mol. The molecule has 2 aromatic rings. The van der Waals surface area contributed by atoms with E-state index in [1.807, 2.05) is 25.1 Å².